The molecule has 128 valence electrons. The maximum Gasteiger partial charge on any atom is 0.276 e. The molecular weight excluding hydrogens is 356 g/mol. The molecule has 0 unspecified atom stereocenters. The van der Waals surface area contributed by atoms with Crippen LogP contribution in [0.3, 0.4) is 0 Å². The third-order valence-corrected chi connectivity index (χ3v) is 6.78. The van der Waals surface area contributed by atoms with Crippen LogP contribution in [0.15, 0.2) is 53.4 Å². The first-order valence-corrected chi connectivity index (χ1v) is 10.3. The van der Waals surface area contributed by atoms with E-state index in [0.29, 0.717) is 4.88 Å². The third kappa shape index (κ3) is 3.18. The number of thiophene rings is 1. The second kappa shape index (κ2) is 6.25. The molecule has 1 aromatic heterocycles. The predicted molar refractivity (Wildman–Crippen MR) is 98.1 cm³/mol. The fourth-order valence-corrected chi connectivity index (χ4v) is 5.03. The van der Waals surface area contributed by atoms with Crippen LogP contribution in [-0.4, -0.2) is 14.3 Å². The number of sulfonamides is 1. The SMILES string of the molecule is O=C(NNS(=O)(=O)c1ccc2ccccc2c1)c1cc2c(s1)CCC2. The molecule has 1 heterocycles. The van der Waals surface area contributed by atoms with Crippen LogP contribution in [0.5, 0.6) is 0 Å². The Morgan fingerprint density at radius 2 is 1.80 bits per heavy atom. The first-order valence-electron chi connectivity index (χ1n) is 7.95. The summed E-state index contributed by atoms with van der Waals surface area (Å²) in [7, 11) is -3.83. The molecule has 0 radical (unpaired) electrons. The van der Waals surface area contributed by atoms with Crippen molar-refractivity contribution in [3.63, 3.8) is 0 Å². The van der Waals surface area contributed by atoms with E-state index in [4.69, 9.17) is 0 Å². The van der Waals surface area contributed by atoms with Crippen molar-refractivity contribution in [3.05, 3.63) is 63.8 Å². The van der Waals surface area contributed by atoms with Gasteiger partial charge in [-0.05, 0) is 53.8 Å². The summed E-state index contributed by atoms with van der Waals surface area (Å²) in [6.07, 6.45) is 3.11. The number of nitrogens with one attached hydrogen (secondary N) is 2. The fourth-order valence-electron chi connectivity index (χ4n) is 3.01. The van der Waals surface area contributed by atoms with Crippen molar-refractivity contribution in [2.24, 2.45) is 0 Å². The molecule has 5 nitrogen and oxygen atoms in total. The second-order valence-corrected chi connectivity index (χ2v) is 8.80. The topological polar surface area (TPSA) is 75.3 Å². The molecule has 1 amide bonds. The average Bonchev–Trinajstić information content (AvgIpc) is 3.21. The zero-order chi connectivity index (χ0) is 17.4. The monoisotopic (exact) mass is 372 g/mol. The molecule has 25 heavy (non-hydrogen) atoms. The maximum absolute atomic E-state index is 12.4. The highest BCUT2D eigenvalue weighted by Crippen LogP contribution is 2.30. The van der Waals surface area contributed by atoms with Crippen LogP contribution >= 0.6 is 11.3 Å². The Morgan fingerprint density at radius 1 is 1.00 bits per heavy atom. The lowest BCUT2D eigenvalue weighted by molar-refractivity contribution is 0.0949. The summed E-state index contributed by atoms with van der Waals surface area (Å²) in [5.74, 6) is -0.427. The van der Waals surface area contributed by atoms with E-state index in [-0.39, 0.29) is 4.90 Å². The summed E-state index contributed by atoms with van der Waals surface area (Å²) >= 11 is 1.43. The number of hydrogen-bond acceptors (Lipinski definition) is 4. The van der Waals surface area contributed by atoms with Crippen molar-refractivity contribution in [2.75, 3.05) is 0 Å². The van der Waals surface area contributed by atoms with Crippen molar-refractivity contribution in [1.82, 2.24) is 10.3 Å². The van der Waals surface area contributed by atoms with Crippen LogP contribution in [0.2, 0.25) is 0 Å². The normalized spacial score (nSPS) is 13.8. The Labute approximate surface area is 149 Å². The molecule has 7 heteroatoms. The van der Waals surface area contributed by atoms with E-state index in [1.54, 1.807) is 12.1 Å². The number of hydrazine groups is 1. The van der Waals surface area contributed by atoms with Crippen LogP contribution in [0.4, 0.5) is 0 Å². The molecule has 1 aliphatic carbocycles. The number of amides is 1. The van der Waals surface area contributed by atoms with Crippen molar-refractivity contribution < 1.29 is 13.2 Å². The number of hydrogen-bond donors (Lipinski definition) is 2. The third-order valence-electron chi connectivity index (χ3n) is 4.30. The van der Waals surface area contributed by atoms with Crippen LogP contribution in [-0.2, 0) is 22.9 Å². The molecule has 1 aliphatic rings. The van der Waals surface area contributed by atoms with Gasteiger partial charge in [0.05, 0.1) is 9.77 Å². The van der Waals surface area contributed by atoms with E-state index >= 15 is 0 Å². The van der Waals surface area contributed by atoms with E-state index in [1.807, 2.05) is 30.3 Å². The lowest BCUT2D eigenvalue weighted by Crippen LogP contribution is -2.41. The molecule has 3 aromatic rings. The van der Waals surface area contributed by atoms with Gasteiger partial charge in [-0.25, -0.2) is 8.42 Å². The molecule has 0 aliphatic heterocycles. The van der Waals surface area contributed by atoms with E-state index in [1.165, 1.54) is 27.8 Å². The molecule has 2 aromatic carbocycles. The predicted octanol–water partition coefficient (Wildman–Crippen LogP) is 3.01. The van der Waals surface area contributed by atoms with Crippen LogP contribution in [0.25, 0.3) is 10.8 Å². The molecule has 0 bridgehead atoms. The Hall–Kier alpha value is -2.22. The first-order chi connectivity index (χ1) is 12.0. The van der Waals surface area contributed by atoms with Crippen molar-refractivity contribution in [3.8, 4) is 0 Å². The Morgan fingerprint density at radius 3 is 2.60 bits per heavy atom. The maximum atomic E-state index is 12.4. The van der Waals surface area contributed by atoms with Crippen molar-refractivity contribution in [2.45, 2.75) is 24.2 Å². The minimum Gasteiger partial charge on any atom is -0.273 e. The van der Waals surface area contributed by atoms with Crippen LogP contribution in [0, 0.1) is 0 Å². The lowest BCUT2D eigenvalue weighted by atomic mass is 10.1. The zero-order valence-electron chi connectivity index (χ0n) is 13.3. The van der Waals surface area contributed by atoms with Gasteiger partial charge in [0.1, 0.15) is 0 Å². The van der Waals surface area contributed by atoms with Gasteiger partial charge in [-0.15, -0.1) is 16.2 Å². The molecule has 0 spiro atoms. The number of carbonyl (C=O) groups excluding carboxylic acids is 1. The van der Waals surface area contributed by atoms with E-state index in [2.05, 4.69) is 10.3 Å². The van der Waals surface area contributed by atoms with E-state index < -0.39 is 15.9 Å². The fraction of sp³-hybridized carbons (Fsp3) is 0.167. The van der Waals surface area contributed by atoms with Gasteiger partial charge in [-0.3, -0.25) is 10.2 Å². The van der Waals surface area contributed by atoms with Gasteiger partial charge in [-0.2, -0.15) is 0 Å². The molecule has 0 atom stereocenters. The Kier molecular flexibility index (Phi) is 4.07. The van der Waals surface area contributed by atoms with Gasteiger partial charge < -0.3 is 0 Å². The largest absolute Gasteiger partial charge is 0.276 e. The molecule has 0 saturated heterocycles. The standard InChI is InChI=1S/C18H16N2O3S2/c21-18(17-11-14-6-3-7-16(14)24-17)19-20-25(22,23)15-9-8-12-4-1-2-5-13(12)10-15/h1-2,4-5,8-11,20H,3,6-7H2,(H,19,21). The number of fused-ring (bicyclic) bond motifs is 2. The number of carbonyl (C=O) groups is 1. The van der Waals surface area contributed by atoms with Crippen molar-refractivity contribution >= 4 is 38.0 Å². The summed E-state index contributed by atoms with van der Waals surface area (Å²) in [6.45, 7) is 0. The molecule has 4 rings (SSSR count). The molecule has 0 fully saturated rings. The van der Waals surface area contributed by atoms with Crippen LogP contribution in [0.1, 0.15) is 26.5 Å². The van der Waals surface area contributed by atoms with Gasteiger partial charge in [0.2, 0.25) is 0 Å². The van der Waals surface area contributed by atoms with Gasteiger partial charge in [0, 0.05) is 4.88 Å². The average molecular weight is 372 g/mol. The van der Waals surface area contributed by atoms with E-state index in [0.717, 1.165) is 30.0 Å². The summed E-state index contributed by atoms with van der Waals surface area (Å²) in [4.78, 5) is 16.3. The minimum absolute atomic E-state index is 0.111. The summed E-state index contributed by atoms with van der Waals surface area (Å²) in [5, 5.41) is 1.78. The van der Waals surface area contributed by atoms with Crippen LogP contribution < -0.4 is 10.3 Å². The highest BCUT2D eigenvalue weighted by atomic mass is 32.2. The summed E-state index contributed by atoms with van der Waals surface area (Å²) in [6, 6.07) is 14.2. The minimum atomic E-state index is -3.83. The van der Waals surface area contributed by atoms with Gasteiger partial charge in [-0.1, -0.05) is 30.3 Å². The number of benzene rings is 2. The van der Waals surface area contributed by atoms with Crippen molar-refractivity contribution in [1.29, 1.82) is 0 Å². The van der Waals surface area contributed by atoms with Gasteiger partial charge in [0.25, 0.3) is 15.9 Å². The summed E-state index contributed by atoms with van der Waals surface area (Å²) < 4.78 is 24.9. The second-order valence-electron chi connectivity index (χ2n) is 5.98. The van der Waals surface area contributed by atoms with E-state index in [9.17, 15) is 13.2 Å². The summed E-state index contributed by atoms with van der Waals surface area (Å²) in [5.41, 5.74) is 3.51. The first kappa shape index (κ1) is 16.3. The van der Waals surface area contributed by atoms with Gasteiger partial charge >= 0.3 is 0 Å². The Bertz CT molecular complexity index is 1050. The van der Waals surface area contributed by atoms with Gasteiger partial charge in [0.15, 0.2) is 0 Å². The smallest absolute Gasteiger partial charge is 0.273 e. The molecule has 2 N–H and O–H groups in total. The molecule has 0 saturated carbocycles. The Balaban J connectivity index is 1.51. The molecular formula is C18H16N2O3S2. The quantitative estimate of drug-likeness (QED) is 0.691. The highest BCUT2D eigenvalue weighted by Gasteiger charge is 2.20. The highest BCUT2D eigenvalue weighted by molar-refractivity contribution is 7.89. The lowest BCUT2D eigenvalue weighted by Gasteiger charge is -2.08. The number of rotatable bonds is 4. The zero-order valence-corrected chi connectivity index (χ0v) is 14.9. The number of aryl methyl sites for hydroxylation is 2.